The van der Waals surface area contributed by atoms with Crippen LogP contribution in [0.25, 0.3) is 0 Å². The number of carboxylic acids is 1. The van der Waals surface area contributed by atoms with Crippen molar-refractivity contribution in [1.29, 1.82) is 0 Å². The van der Waals surface area contributed by atoms with Crippen molar-refractivity contribution in [2.24, 2.45) is 5.92 Å². The Morgan fingerprint density at radius 3 is 2.61 bits per heavy atom. The molecule has 0 spiro atoms. The highest BCUT2D eigenvalue weighted by atomic mass is 16.5. The van der Waals surface area contributed by atoms with Crippen LogP contribution in [0.2, 0.25) is 0 Å². The van der Waals surface area contributed by atoms with Crippen LogP contribution in [0.15, 0.2) is 42.0 Å². The summed E-state index contributed by atoms with van der Waals surface area (Å²) in [5.74, 6) is -2.15. The fourth-order valence-electron chi connectivity index (χ4n) is 3.46. The molecule has 0 amide bonds. The van der Waals surface area contributed by atoms with Gasteiger partial charge in [0, 0.05) is 5.41 Å². The molecule has 0 heterocycles. The van der Waals surface area contributed by atoms with Crippen LogP contribution >= 0.6 is 0 Å². The zero-order chi connectivity index (χ0) is 16.9. The third kappa shape index (κ3) is 3.81. The predicted octanol–water partition coefficient (Wildman–Crippen LogP) is 3.71. The highest BCUT2D eigenvalue weighted by Crippen LogP contribution is 2.44. The van der Waals surface area contributed by atoms with Crippen molar-refractivity contribution in [2.75, 3.05) is 6.61 Å². The van der Waals surface area contributed by atoms with Crippen LogP contribution in [0.1, 0.15) is 45.1 Å². The SMILES string of the molecule is CCOC(=O)C(CC(=O)O)C1=CCCCC1(C)c1ccccc1. The van der Waals surface area contributed by atoms with Crippen LogP contribution in [0, 0.1) is 5.92 Å². The number of carboxylic acid groups (broad SMARTS) is 1. The van der Waals surface area contributed by atoms with Crippen molar-refractivity contribution in [3.05, 3.63) is 47.5 Å². The summed E-state index contributed by atoms with van der Waals surface area (Å²) in [4.78, 5) is 23.6. The van der Waals surface area contributed by atoms with Crippen molar-refractivity contribution in [1.82, 2.24) is 0 Å². The second-order valence-electron chi connectivity index (χ2n) is 6.15. The Bertz CT molecular complexity index is 591. The van der Waals surface area contributed by atoms with Gasteiger partial charge in [0.05, 0.1) is 18.9 Å². The van der Waals surface area contributed by atoms with E-state index < -0.39 is 17.9 Å². The molecule has 0 aromatic heterocycles. The molecule has 4 heteroatoms. The van der Waals surface area contributed by atoms with E-state index >= 15 is 0 Å². The van der Waals surface area contributed by atoms with E-state index in [0.717, 1.165) is 30.4 Å². The standard InChI is InChI=1S/C19H24O4/c1-3-23-18(22)15(13-17(20)21)16-11-7-8-12-19(16,2)14-9-5-4-6-10-14/h4-6,9-11,15H,3,7-8,12-13H2,1-2H3,(H,20,21). The molecule has 1 aliphatic rings. The Morgan fingerprint density at radius 1 is 1.30 bits per heavy atom. The number of allylic oxidation sites excluding steroid dienone is 1. The van der Waals surface area contributed by atoms with E-state index in [9.17, 15) is 14.7 Å². The summed E-state index contributed by atoms with van der Waals surface area (Å²) in [6.07, 6.45) is 4.61. The molecule has 0 saturated carbocycles. The van der Waals surface area contributed by atoms with Crippen molar-refractivity contribution in [2.45, 2.75) is 44.9 Å². The number of carbonyl (C=O) groups excluding carboxylic acids is 1. The summed E-state index contributed by atoms with van der Waals surface area (Å²) >= 11 is 0. The molecule has 0 fully saturated rings. The van der Waals surface area contributed by atoms with Crippen LogP contribution in [0.4, 0.5) is 0 Å². The van der Waals surface area contributed by atoms with Crippen LogP contribution in [0.5, 0.6) is 0 Å². The molecule has 0 saturated heterocycles. The maximum Gasteiger partial charge on any atom is 0.313 e. The fourth-order valence-corrected chi connectivity index (χ4v) is 3.46. The van der Waals surface area contributed by atoms with Gasteiger partial charge in [0.25, 0.3) is 0 Å². The van der Waals surface area contributed by atoms with Gasteiger partial charge in [0.15, 0.2) is 0 Å². The van der Waals surface area contributed by atoms with Gasteiger partial charge in [-0.05, 0) is 37.3 Å². The maximum absolute atomic E-state index is 12.4. The third-order valence-corrected chi connectivity index (χ3v) is 4.62. The van der Waals surface area contributed by atoms with E-state index in [0.29, 0.717) is 0 Å². The topological polar surface area (TPSA) is 63.6 Å². The van der Waals surface area contributed by atoms with E-state index in [1.807, 2.05) is 36.4 Å². The van der Waals surface area contributed by atoms with E-state index in [2.05, 4.69) is 6.92 Å². The van der Waals surface area contributed by atoms with Gasteiger partial charge in [-0.15, -0.1) is 0 Å². The first-order valence-electron chi connectivity index (χ1n) is 8.13. The molecular formula is C19H24O4. The molecule has 2 rings (SSSR count). The summed E-state index contributed by atoms with van der Waals surface area (Å²) in [6.45, 7) is 4.09. The lowest BCUT2D eigenvalue weighted by Gasteiger charge is -2.39. The summed E-state index contributed by atoms with van der Waals surface area (Å²) in [5.41, 5.74) is 1.67. The van der Waals surface area contributed by atoms with Gasteiger partial charge < -0.3 is 9.84 Å². The van der Waals surface area contributed by atoms with Gasteiger partial charge in [-0.25, -0.2) is 0 Å². The molecule has 1 N–H and O–H groups in total. The lowest BCUT2D eigenvalue weighted by atomic mass is 9.65. The highest BCUT2D eigenvalue weighted by Gasteiger charge is 2.40. The van der Waals surface area contributed by atoms with E-state index in [4.69, 9.17) is 4.74 Å². The molecule has 1 aliphatic carbocycles. The Kier molecular flexibility index (Phi) is 5.59. The van der Waals surface area contributed by atoms with E-state index in [-0.39, 0.29) is 18.4 Å². The van der Waals surface area contributed by atoms with Gasteiger partial charge in [-0.1, -0.05) is 43.3 Å². The molecule has 0 radical (unpaired) electrons. The number of hydrogen-bond acceptors (Lipinski definition) is 3. The minimum Gasteiger partial charge on any atom is -0.481 e. The molecular weight excluding hydrogens is 292 g/mol. The van der Waals surface area contributed by atoms with Gasteiger partial charge in [-0.3, -0.25) is 9.59 Å². The zero-order valence-corrected chi connectivity index (χ0v) is 13.7. The molecule has 1 aromatic rings. The van der Waals surface area contributed by atoms with Crippen molar-refractivity contribution in [3.8, 4) is 0 Å². The minimum atomic E-state index is -0.982. The van der Waals surface area contributed by atoms with Crippen molar-refractivity contribution < 1.29 is 19.4 Å². The molecule has 4 nitrogen and oxygen atoms in total. The van der Waals surface area contributed by atoms with Gasteiger partial charge in [0.2, 0.25) is 0 Å². The minimum absolute atomic E-state index is 0.229. The Balaban J connectivity index is 2.43. The Morgan fingerprint density at radius 2 is 2.00 bits per heavy atom. The molecule has 23 heavy (non-hydrogen) atoms. The number of esters is 1. The normalized spacial score (nSPS) is 22.1. The first-order chi connectivity index (χ1) is 11.0. The second-order valence-corrected chi connectivity index (χ2v) is 6.15. The number of benzene rings is 1. The second kappa shape index (κ2) is 7.44. The van der Waals surface area contributed by atoms with Gasteiger partial charge >= 0.3 is 11.9 Å². The smallest absolute Gasteiger partial charge is 0.313 e. The lowest BCUT2D eigenvalue weighted by Crippen LogP contribution is -2.36. The Hall–Kier alpha value is -2.10. The number of ether oxygens (including phenoxy) is 1. The monoisotopic (exact) mass is 316 g/mol. The zero-order valence-electron chi connectivity index (χ0n) is 13.7. The molecule has 2 unspecified atom stereocenters. The van der Waals surface area contributed by atoms with Crippen molar-refractivity contribution in [3.63, 3.8) is 0 Å². The highest BCUT2D eigenvalue weighted by molar-refractivity contribution is 5.82. The van der Waals surface area contributed by atoms with Crippen LogP contribution in [0.3, 0.4) is 0 Å². The number of hydrogen-bond donors (Lipinski definition) is 1. The summed E-state index contributed by atoms with van der Waals surface area (Å²) < 4.78 is 5.14. The number of carbonyl (C=O) groups is 2. The largest absolute Gasteiger partial charge is 0.481 e. The van der Waals surface area contributed by atoms with Gasteiger partial charge in [-0.2, -0.15) is 0 Å². The molecule has 2 atom stereocenters. The number of rotatable bonds is 6. The summed E-state index contributed by atoms with van der Waals surface area (Å²) in [5, 5.41) is 9.24. The third-order valence-electron chi connectivity index (χ3n) is 4.62. The van der Waals surface area contributed by atoms with Crippen LogP contribution in [-0.4, -0.2) is 23.7 Å². The Labute approximate surface area is 137 Å². The summed E-state index contributed by atoms with van der Waals surface area (Å²) in [7, 11) is 0. The fraction of sp³-hybridized carbons (Fsp3) is 0.474. The summed E-state index contributed by atoms with van der Waals surface area (Å²) in [6, 6.07) is 10.00. The van der Waals surface area contributed by atoms with Crippen LogP contribution < -0.4 is 0 Å². The molecule has 124 valence electrons. The first-order valence-corrected chi connectivity index (χ1v) is 8.13. The van der Waals surface area contributed by atoms with E-state index in [1.165, 1.54) is 0 Å². The lowest BCUT2D eigenvalue weighted by molar-refractivity contribution is -0.151. The van der Waals surface area contributed by atoms with Crippen molar-refractivity contribution >= 4 is 11.9 Å². The van der Waals surface area contributed by atoms with E-state index in [1.54, 1.807) is 6.92 Å². The van der Waals surface area contributed by atoms with Crippen LogP contribution in [-0.2, 0) is 19.7 Å². The molecule has 0 aliphatic heterocycles. The average Bonchev–Trinajstić information content (AvgIpc) is 2.54. The first kappa shape index (κ1) is 17.3. The maximum atomic E-state index is 12.4. The number of aliphatic carboxylic acids is 1. The average molecular weight is 316 g/mol. The predicted molar refractivity (Wildman–Crippen MR) is 88.1 cm³/mol. The van der Waals surface area contributed by atoms with Gasteiger partial charge in [0.1, 0.15) is 0 Å². The molecule has 0 bridgehead atoms. The molecule has 1 aromatic carbocycles. The quantitative estimate of drug-likeness (QED) is 0.642.